The van der Waals surface area contributed by atoms with Gasteiger partial charge in [0, 0.05) is 13.1 Å². The normalized spacial score (nSPS) is 11.4. The summed E-state index contributed by atoms with van der Waals surface area (Å²) >= 11 is 0. The number of nitrogens with zero attached hydrogens (tertiary/aromatic N) is 2. The second-order valence-electron chi connectivity index (χ2n) is 6.51. The van der Waals surface area contributed by atoms with Crippen molar-refractivity contribution in [2.75, 3.05) is 14.2 Å². The first-order chi connectivity index (χ1) is 13.3. The topological polar surface area (TPSA) is 105 Å². The number of carbonyl (C=O) groups excluding carboxylic acids is 2. The van der Waals surface area contributed by atoms with Crippen LogP contribution >= 0.6 is 0 Å². The van der Waals surface area contributed by atoms with Crippen molar-refractivity contribution in [3.63, 3.8) is 0 Å². The molecular formula is C19H29N3O5S. The van der Waals surface area contributed by atoms with E-state index in [-0.39, 0.29) is 29.8 Å². The third-order valence-corrected chi connectivity index (χ3v) is 4.73. The molecule has 0 bridgehead atoms. The lowest BCUT2D eigenvalue weighted by Gasteiger charge is -2.27. The fourth-order valence-electron chi connectivity index (χ4n) is 2.93. The van der Waals surface area contributed by atoms with E-state index < -0.39 is 16.5 Å². The number of hydrogen-bond acceptors (Lipinski definition) is 6. The van der Waals surface area contributed by atoms with Crippen molar-refractivity contribution in [1.82, 2.24) is 10.2 Å². The molecule has 0 fully saturated rings. The molecule has 1 aromatic carbocycles. The minimum atomic E-state index is -2.64. The van der Waals surface area contributed by atoms with Crippen LogP contribution in [0.4, 0.5) is 10.5 Å². The van der Waals surface area contributed by atoms with Crippen LogP contribution in [0.25, 0.3) is 0 Å². The third kappa shape index (κ3) is 7.30. The fourth-order valence-corrected chi connectivity index (χ4v) is 3.24. The average molecular weight is 412 g/mol. The summed E-state index contributed by atoms with van der Waals surface area (Å²) in [5.41, 5.74) is 0.655. The lowest BCUT2D eigenvalue weighted by atomic mass is 10.1. The van der Waals surface area contributed by atoms with Crippen molar-refractivity contribution in [3.05, 3.63) is 23.8 Å². The number of carbonyl (C=O) groups is 2. The monoisotopic (exact) mass is 411 g/mol. The molecule has 0 aliphatic heterocycles. The highest BCUT2D eigenvalue weighted by molar-refractivity contribution is 7.61. The lowest BCUT2D eigenvalue weighted by molar-refractivity contribution is -0.129. The van der Waals surface area contributed by atoms with E-state index in [1.165, 1.54) is 25.1 Å². The predicted octanol–water partition coefficient (Wildman–Crippen LogP) is 3.46. The Hall–Kier alpha value is -2.42. The van der Waals surface area contributed by atoms with Crippen LogP contribution in [0, 0.1) is 0 Å². The van der Waals surface area contributed by atoms with Crippen molar-refractivity contribution in [3.8, 4) is 5.75 Å². The first kappa shape index (κ1) is 23.6. The van der Waals surface area contributed by atoms with E-state index in [4.69, 9.17) is 4.74 Å². The Kier molecular flexibility index (Phi) is 10.2. The zero-order valence-electron chi connectivity index (χ0n) is 16.9. The number of benzene rings is 1. The molecule has 9 heteroatoms. The highest BCUT2D eigenvalue weighted by atomic mass is 32.2. The number of unbranched alkanes of at least 4 members (excludes halogenated alkanes) is 3. The number of nitrogens with one attached hydrogen (secondary N) is 1. The Morgan fingerprint density at radius 3 is 2.54 bits per heavy atom. The van der Waals surface area contributed by atoms with Gasteiger partial charge in [-0.05, 0) is 31.0 Å². The summed E-state index contributed by atoms with van der Waals surface area (Å²) in [6.45, 7) is 3.98. The number of urea groups is 1. The number of imide groups is 1. The molecule has 0 spiro atoms. The van der Waals surface area contributed by atoms with E-state index in [2.05, 4.69) is 16.6 Å². The van der Waals surface area contributed by atoms with Gasteiger partial charge < -0.3 is 10.1 Å². The van der Waals surface area contributed by atoms with Crippen LogP contribution in [0.2, 0.25) is 0 Å². The summed E-state index contributed by atoms with van der Waals surface area (Å²) in [6.07, 6.45) is 4.93. The molecule has 3 amide bonds. The zero-order chi connectivity index (χ0) is 21.1. The van der Waals surface area contributed by atoms with Gasteiger partial charge in [-0.1, -0.05) is 38.7 Å². The van der Waals surface area contributed by atoms with Crippen LogP contribution in [0.5, 0.6) is 5.75 Å². The van der Waals surface area contributed by atoms with E-state index in [9.17, 15) is 18.0 Å². The van der Waals surface area contributed by atoms with Crippen molar-refractivity contribution in [2.24, 2.45) is 4.36 Å². The molecule has 0 aliphatic carbocycles. The molecule has 0 radical (unpaired) electrons. The molecule has 1 unspecified atom stereocenters. The Labute approximate surface area is 168 Å². The van der Waals surface area contributed by atoms with Gasteiger partial charge in [-0.25, -0.2) is 4.79 Å². The summed E-state index contributed by atoms with van der Waals surface area (Å²) in [7, 11) is 0.245. The van der Waals surface area contributed by atoms with Gasteiger partial charge in [0.05, 0.1) is 13.5 Å². The SMILES string of the molecule is CCCCCCC(C)N(C(=O)Cc1ccc(OC)c(N=S(=O)=O)c1)C(=O)NC. The Balaban J connectivity index is 2.98. The van der Waals surface area contributed by atoms with E-state index in [1.807, 2.05) is 6.92 Å². The summed E-state index contributed by atoms with van der Waals surface area (Å²) in [5, 5.41) is 2.52. The largest absolute Gasteiger partial charge is 0.494 e. The standard InChI is InChI=1S/C19H29N3O5S/c1-5-6-7-8-9-14(2)22(19(24)20-3)18(23)13-15-10-11-17(27-4)16(12-15)21-28(25)26/h10-12,14H,5-9,13H2,1-4H3,(H,20,24). The molecule has 0 heterocycles. The molecular weight excluding hydrogens is 382 g/mol. The molecule has 1 rings (SSSR count). The fraction of sp³-hybridized carbons (Fsp3) is 0.579. The molecule has 0 aromatic heterocycles. The van der Waals surface area contributed by atoms with E-state index in [1.54, 1.807) is 12.1 Å². The molecule has 28 heavy (non-hydrogen) atoms. The lowest BCUT2D eigenvalue weighted by Crippen LogP contribution is -2.48. The Bertz CT molecular complexity index is 800. The number of ether oxygens (including phenoxy) is 1. The van der Waals surface area contributed by atoms with Gasteiger partial charge in [0.1, 0.15) is 11.4 Å². The average Bonchev–Trinajstić information content (AvgIpc) is 2.65. The van der Waals surface area contributed by atoms with Gasteiger partial charge in [0.25, 0.3) is 0 Å². The minimum absolute atomic E-state index is 0.0509. The zero-order valence-corrected chi connectivity index (χ0v) is 17.7. The molecule has 1 N–H and O–H groups in total. The van der Waals surface area contributed by atoms with Gasteiger partial charge in [-0.15, -0.1) is 4.36 Å². The summed E-state index contributed by atoms with van der Waals surface area (Å²) in [4.78, 5) is 26.3. The van der Waals surface area contributed by atoms with Gasteiger partial charge in [-0.3, -0.25) is 9.69 Å². The van der Waals surface area contributed by atoms with Crippen molar-refractivity contribution in [1.29, 1.82) is 0 Å². The Morgan fingerprint density at radius 1 is 1.25 bits per heavy atom. The molecule has 1 aromatic rings. The Morgan fingerprint density at radius 2 is 1.96 bits per heavy atom. The van der Waals surface area contributed by atoms with Gasteiger partial charge >= 0.3 is 16.5 Å². The van der Waals surface area contributed by atoms with Crippen LogP contribution in [0.1, 0.15) is 51.5 Å². The van der Waals surface area contributed by atoms with Crippen LogP contribution in [-0.4, -0.2) is 45.5 Å². The van der Waals surface area contributed by atoms with Gasteiger partial charge in [-0.2, -0.15) is 8.42 Å². The molecule has 0 aliphatic rings. The minimum Gasteiger partial charge on any atom is -0.494 e. The quantitative estimate of drug-likeness (QED) is 0.594. The summed E-state index contributed by atoms with van der Waals surface area (Å²) in [5.74, 6) is -0.0745. The molecule has 156 valence electrons. The van der Waals surface area contributed by atoms with E-state index in [0.29, 0.717) is 5.56 Å². The maximum atomic E-state index is 12.8. The van der Waals surface area contributed by atoms with Gasteiger partial charge in [0.2, 0.25) is 5.91 Å². The molecule has 8 nitrogen and oxygen atoms in total. The highest BCUT2D eigenvalue weighted by Crippen LogP contribution is 2.28. The van der Waals surface area contributed by atoms with Crippen LogP contribution in [0.3, 0.4) is 0 Å². The van der Waals surface area contributed by atoms with Crippen LogP contribution in [0.15, 0.2) is 22.6 Å². The smallest absolute Gasteiger partial charge is 0.324 e. The maximum absolute atomic E-state index is 12.8. The number of amides is 3. The van der Waals surface area contributed by atoms with Gasteiger partial charge in [0.15, 0.2) is 0 Å². The van der Waals surface area contributed by atoms with Crippen molar-refractivity contribution < 1.29 is 22.7 Å². The van der Waals surface area contributed by atoms with Crippen LogP contribution in [-0.2, 0) is 21.7 Å². The van der Waals surface area contributed by atoms with E-state index >= 15 is 0 Å². The number of methoxy groups -OCH3 is 1. The van der Waals surface area contributed by atoms with Crippen molar-refractivity contribution in [2.45, 2.75) is 58.4 Å². The second-order valence-corrected chi connectivity index (χ2v) is 7.13. The summed E-state index contributed by atoms with van der Waals surface area (Å²) < 4.78 is 30.3. The van der Waals surface area contributed by atoms with E-state index in [0.717, 1.165) is 32.1 Å². The second kappa shape index (κ2) is 12.1. The number of rotatable bonds is 10. The summed E-state index contributed by atoms with van der Waals surface area (Å²) in [6, 6.07) is 3.98. The van der Waals surface area contributed by atoms with Crippen LogP contribution < -0.4 is 10.1 Å². The first-order valence-electron chi connectivity index (χ1n) is 9.35. The van der Waals surface area contributed by atoms with Crippen molar-refractivity contribution >= 4 is 28.1 Å². The highest BCUT2D eigenvalue weighted by Gasteiger charge is 2.26. The third-order valence-electron chi connectivity index (χ3n) is 4.39. The first-order valence-corrected chi connectivity index (χ1v) is 10.4. The molecule has 1 atom stereocenters. The molecule has 0 saturated carbocycles. The maximum Gasteiger partial charge on any atom is 0.324 e. The predicted molar refractivity (Wildman–Crippen MR) is 107 cm³/mol. The number of hydrogen-bond donors (Lipinski definition) is 1. The molecule has 0 saturated heterocycles.